The van der Waals surface area contributed by atoms with E-state index in [-0.39, 0.29) is 0 Å². The molecule has 3 unspecified atom stereocenters. The van der Waals surface area contributed by atoms with Crippen molar-refractivity contribution in [2.24, 2.45) is 5.92 Å². The average Bonchev–Trinajstić information content (AvgIpc) is 2.65. The fourth-order valence-corrected chi connectivity index (χ4v) is 3.72. The van der Waals surface area contributed by atoms with Crippen molar-refractivity contribution >= 4 is 0 Å². The quantitative estimate of drug-likeness (QED) is 0.789. The smallest absolute Gasteiger partial charge is 0.115 e. The van der Waals surface area contributed by atoms with Gasteiger partial charge in [-0.15, -0.1) is 0 Å². The van der Waals surface area contributed by atoms with Crippen LogP contribution < -0.4 is 5.32 Å². The van der Waals surface area contributed by atoms with Crippen LogP contribution in [0.15, 0.2) is 18.2 Å². The maximum atomic E-state index is 9.55. The lowest BCUT2D eigenvalue weighted by molar-refractivity contribution is 0.392. The molecule has 19 heavy (non-hydrogen) atoms. The van der Waals surface area contributed by atoms with E-state index >= 15 is 0 Å². The number of phenols is 1. The first-order valence-electron chi connectivity index (χ1n) is 7.80. The van der Waals surface area contributed by atoms with Crippen LogP contribution in [0.1, 0.15) is 62.6 Å². The van der Waals surface area contributed by atoms with Crippen molar-refractivity contribution in [1.82, 2.24) is 5.32 Å². The second kappa shape index (κ2) is 5.54. The molecule has 0 bridgehead atoms. The van der Waals surface area contributed by atoms with Gasteiger partial charge < -0.3 is 10.4 Å². The van der Waals surface area contributed by atoms with Gasteiger partial charge in [0.25, 0.3) is 0 Å². The molecule has 0 heterocycles. The Hall–Kier alpha value is -1.02. The highest BCUT2D eigenvalue weighted by atomic mass is 16.3. The largest absolute Gasteiger partial charge is 0.508 e. The Kier molecular flexibility index (Phi) is 3.79. The van der Waals surface area contributed by atoms with Crippen LogP contribution in [0, 0.1) is 5.92 Å². The average molecular weight is 259 g/mol. The van der Waals surface area contributed by atoms with Gasteiger partial charge >= 0.3 is 0 Å². The molecule has 2 heteroatoms. The minimum Gasteiger partial charge on any atom is -0.508 e. The molecule has 0 aliphatic heterocycles. The maximum Gasteiger partial charge on any atom is 0.115 e. The number of nitrogens with one attached hydrogen (secondary N) is 1. The van der Waals surface area contributed by atoms with E-state index < -0.39 is 0 Å². The molecule has 2 aliphatic carbocycles. The molecule has 1 fully saturated rings. The monoisotopic (exact) mass is 259 g/mol. The van der Waals surface area contributed by atoms with Gasteiger partial charge in [-0.3, -0.25) is 0 Å². The SMILES string of the molecule is CC1CCCC(NC2CCc3cc(O)ccc32)CC1. The highest BCUT2D eigenvalue weighted by molar-refractivity contribution is 5.40. The van der Waals surface area contributed by atoms with Gasteiger partial charge in [0.2, 0.25) is 0 Å². The highest BCUT2D eigenvalue weighted by Gasteiger charge is 2.25. The summed E-state index contributed by atoms with van der Waals surface area (Å²) in [4.78, 5) is 0. The van der Waals surface area contributed by atoms with Gasteiger partial charge in [0.15, 0.2) is 0 Å². The summed E-state index contributed by atoms with van der Waals surface area (Å²) in [5.74, 6) is 1.31. The van der Waals surface area contributed by atoms with Crippen LogP contribution in [0.25, 0.3) is 0 Å². The molecule has 3 atom stereocenters. The van der Waals surface area contributed by atoms with Gasteiger partial charge in [-0.1, -0.05) is 25.8 Å². The van der Waals surface area contributed by atoms with Crippen molar-refractivity contribution < 1.29 is 5.11 Å². The molecule has 2 N–H and O–H groups in total. The number of benzene rings is 1. The Labute approximate surface area is 116 Å². The van der Waals surface area contributed by atoms with E-state index in [4.69, 9.17) is 0 Å². The van der Waals surface area contributed by atoms with Crippen LogP contribution in [0.3, 0.4) is 0 Å². The van der Waals surface area contributed by atoms with Gasteiger partial charge in [-0.2, -0.15) is 0 Å². The minimum absolute atomic E-state index is 0.405. The summed E-state index contributed by atoms with van der Waals surface area (Å²) in [5.41, 5.74) is 2.74. The molecular weight excluding hydrogens is 234 g/mol. The van der Waals surface area contributed by atoms with Gasteiger partial charge in [-0.25, -0.2) is 0 Å². The molecule has 0 radical (unpaired) electrons. The number of aromatic hydroxyl groups is 1. The van der Waals surface area contributed by atoms with Crippen molar-refractivity contribution in [3.63, 3.8) is 0 Å². The summed E-state index contributed by atoms with van der Waals surface area (Å²) < 4.78 is 0. The van der Waals surface area contributed by atoms with E-state index in [0.717, 1.165) is 12.3 Å². The van der Waals surface area contributed by atoms with Crippen molar-refractivity contribution in [3.8, 4) is 5.75 Å². The maximum absolute atomic E-state index is 9.55. The lowest BCUT2D eigenvalue weighted by Crippen LogP contribution is -2.31. The first kappa shape index (κ1) is 13.0. The summed E-state index contributed by atoms with van der Waals surface area (Å²) in [7, 11) is 0. The zero-order valence-electron chi connectivity index (χ0n) is 11.9. The van der Waals surface area contributed by atoms with Gasteiger partial charge in [-0.05, 0) is 61.3 Å². The molecule has 2 aliphatic rings. The van der Waals surface area contributed by atoms with Gasteiger partial charge in [0.1, 0.15) is 5.75 Å². The normalized spacial score (nSPS) is 30.9. The lowest BCUT2D eigenvalue weighted by atomic mass is 10.0. The summed E-state index contributed by atoms with van der Waals surface area (Å²) in [6.45, 7) is 2.38. The molecule has 0 aromatic heterocycles. The van der Waals surface area contributed by atoms with Crippen LogP contribution in [-0.2, 0) is 6.42 Å². The molecule has 0 amide bonds. The van der Waals surface area contributed by atoms with Crippen molar-refractivity contribution in [2.45, 2.75) is 64.0 Å². The number of phenolic OH excluding ortho intramolecular Hbond substituents is 1. The topological polar surface area (TPSA) is 32.3 Å². The van der Waals surface area contributed by atoms with Gasteiger partial charge in [0.05, 0.1) is 0 Å². The summed E-state index contributed by atoms with van der Waals surface area (Å²) in [6, 6.07) is 7.07. The van der Waals surface area contributed by atoms with E-state index in [1.165, 1.54) is 49.7 Å². The Morgan fingerprint density at radius 1 is 1.11 bits per heavy atom. The molecule has 1 saturated carbocycles. The zero-order valence-corrected chi connectivity index (χ0v) is 11.9. The third-order valence-electron chi connectivity index (χ3n) is 4.90. The number of fused-ring (bicyclic) bond motifs is 1. The van der Waals surface area contributed by atoms with E-state index in [1.54, 1.807) is 0 Å². The van der Waals surface area contributed by atoms with Crippen LogP contribution in [-0.4, -0.2) is 11.1 Å². The molecule has 1 aromatic carbocycles. The van der Waals surface area contributed by atoms with Crippen molar-refractivity contribution in [3.05, 3.63) is 29.3 Å². The minimum atomic E-state index is 0.405. The number of hydrogen-bond acceptors (Lipinski definition) is 2. The van der Waals surface area contributed by atoms with E-state index in [0.29, 0.717) is 17.8 Å². The Bertz CT molecular complexity index is 443. The van der Waals surface area contributed by atoms with Crippen LogP contribution >= 0.6 is 0 Å². The molecule has 2 nitrogen and oxygen atoms in total. The van der Waals surface area contributed by atoms with E-state index in [9.17, 15) is 5.11 Å². The standard InChI is InChI=1S/C17H25NO/c1-12-3-2-4-14(7-5-12)18-17-10-6-13-11-15(19)8-9-16(13)17/h8-9,11-12,14,17-19H,2-7,10H2,1H3. The van der Waals surface area contributed by atoms with Crippen molar-refractivity contribution in [1.29, 1.82) is 0 Å². The third kappa shape index (κ3) is 2.94. The fourth-order valence-electron chi connectivity index (χ4n) is 3.72. The molecule has 0 saturated heterocycles. The Balaban J connectivity index is 1.66. The highest BCUT2D eigenvalue weighted by Crippen LogP contribution is 2.34. The van der Waals surface area contributed by atoms with Crippen LogP contribution in [0.5, 0.6) is 5.75 Å². The number of hydrogen-bond donors (Lipinski definition) is 2. The molecular formula is C17H25NO. The first-order chi connectivity index (χ1) is 9.22. The summed E-state index contributed by atoms with van der Waals surface area (Å²) in [6.07, 6.45) is 9.07. The fraction of sp³-hybridized carbons (Fsp3) is 0.647. The Morgan fingerprint density at radius 2 is 2.00 bits per heavy atom. The molecule has 1 aromatic rings. The Morgan fingerprint density at radius 3 is 2.89 bits per heavy atom. The predicted octanol–water partition coefficient (Wildman–Crippen LogP) is 3.94. The predicted molar refractivity (Wildman–Crippen MR) is 78.3 cm³/mol. The third-order valence-corrected chi connectivity index (χ3v) is 4.90. The second-order valence-corrected chi connectivity index (χ2v) is 6.45. The molecule has 3 rings (SSSR count). The second-order valence-electron chi connectivity index (χ2n) is 6.45. The first-order valence-corrected chi connectivity index (χ1v) is 7.80. The van der Waals surface area contributed by atoms with Crippen LogP contribution in [0.4, 0.5) is 0 Å². The lowest BCUT2D eigenvalue weighted by Gasteiger charge is -2.22. The number of aryl methyl sites for hydroxylation is 1. The van der Waals surface area contributed by atoms with E-state index in [2.05, 4.69) is 18.3 Å². The van der Waals surface area contributed by atoms with Crippen LogP contribution in [0.2, 0.25) is 0 Å². The number of rotatable bonds is 2. The van der Waals surface area contributed by atoms with Crippen molar-refractivity contribution in [2.75, 3.05) is 0 Å². The zero-order chi connectivity index (χ0) is 13.2. The summed E-state index contributed by atoms with van der Waals surface area (Å²) in [5, 5.41) is 13.4. The summed E-state index contributed by atoms with van der Waals surface area (Å²) >= 11 is 0. The molecule has 104 valence electrons. The van der Waals surface area contributed by atoms with E-state index in [1.807, 2.05) is 12.1 Å². The molecule has 0 spiro atoms. The van der Waals surface area contributed by atoms with Gasteiger partial charge in [0, 0.05) is 12.1 Å².